The average Bonchev–Trinajstić information content (AvgIpc) is 3.09. The van der Waals surface area contributed by atoms with E-state index in [1.165, 1.54) is 0 Å². The molecule has 0 aliphatic carbocycles. The Morgan fingerprint density at radius 2 is 2.05 bits per heavy atom. The van der Waals surface area contributed by atoms with Gasteiger partial charge in [-0.3, -0.25) is 4.99 Å². The van der Waals surface area contributed by atoms with Crippen molar-refractivity contribution in [1.29, 1.82) is 0 Å². The van der Waals surface area contributed by atoms with Crippen molar-refractivity contribution < 1.29 is 13.2 Å². The number of thiophene rings is 1. The molecule has 0 atom stereocenters. The zero-order valence-corrected chi connectivity index (χ0v) is 12.7. The van der Waals surface area contributed by atoms with Gasteiger partial charge in [0.2, 0.25) is 0 Å². The lowest BCUT2D eigenvalue weighted by molar-refractivity contribution is -0.140. The minimum atomic E-state index is -4.39. The Balaban J connectivity index is 1.84. The van der Waals surface area contributed by atoms with Crippen molar-refractivity contribution in [2.75, 3.05) is 7.05 Å². The molecule has 0 spiro atoms. The molecule has 2 aromatic heterocycles. The number of alkyl halides is 3. The largest absolute Gasteiger partial charge is 0.434 e. The van der Waals surface area contributed by atoms with E-state index in [-0.39, 0.29) is 6.54 Å². The lowest BCUT2D eigenvalue weighted by Gasteiger charge is -2.09. The molecule has 4 nitrogen and oxygen atoms in total. The summed E-state index contributed by atoms with van der Waals surface area (Å²) in [6.07, 6.45) is -4.39. The Labute approximate surface area is 127 Å². The molecule has 0 aliphatic rings. The highest BCUT2D eigenvalue weighted by atomic mass is 32.1. The zero-order chi connectivity index (χ0) is 15.3. The Kier molecular flexibility index (Phi) is 5.18. The van der Waals surface area contributed by atoms with Crippen LogP contribution in [0, 0.1) is 0 Å². The van der Waals surface area contributed by atoms with Crippen molar-refractivity contribution in [3.05, 3.63) is 38.5 Å². The number of guanidine groups is 1. The summed E-state index contributed by atoms with van der Waals surface area (Å²) in [5.74, 6) is 0.521. The molecule has 2 rings (SSSR count). The summed E-state index contributed by atoms with van der Waals surface area (Å²) in [6, 6.07) is 3.94. The van der Waals surface area contributed by atoms with Crippen molar-refractivity contribution in [3.8, 4) is 0 Å². The van der Waals surface area contributed by atoms with E-state index in [9.17, 15) is 13.2 Å². The van der Waals surface area contributed by atoms with Crippen LogP contribution in [0.25, 0.3) is 0 Å². The third-order valence-electron chi connectivity index (χ3n) is 2.48. The number of aliphatic imine (C=N–C) groups is 1. The number of nitrogens with zero attached hydrogens (tertiary/aromatic N) is 2. The fourth-order valence-corrected chi connectivity index (χ4v) is 2.87. The second kappa shape index (κ2) is 6.90. The van der Waals surface area contributed by atoms with E-state index < -0.39 is 11.9 Å². The summed E-state index contributed by atoms with van der Waals surface area (Å²) in [7, 11) is 1.60. The van der Waals surface area contributed by atoms with Gasteiger partial charge in [-0.05, 0) is 11.4 Å². The summed E-state index contributed by atoms with van der Waals surface area (Å²) >= 11 is 2.59. The average molecular weight is 334 g/mol. The zero-order valence-electron chi connectivity index (χ0n) is 11.1. The molecule has 0 unspecified atom stereocenters. The molecule has 0 fully saturated rings. The molecule has 114 valence electrons. The van der Waals surface area contributed by atoms with Gasteiger partial charge in [-0.25, -0.2) is 4.98 Å². The number of thiazole rings is 1. The maximum atomic E-state index is 12.4. The van der Waals surface area contributed by atoms with E-state index in [4.69, 9.17) is 0 Å². The first-order chi connectivity index (χ1) is 9.99. The lowest BCUT2D eigenvalue weighted by atomic mass is 10.4. The van der Waals surface area contributed by atoms with Crippen molar-refractivity contribution >= 4 is 28.6 Å². The Morgan fingerprint density at radius 1 is 1.29 bits per heavy atom. The van der Waals surface area contributed by atoms with Crippen molar-refractivity contribution in [3.63, 3.8) is 0 Å². The summed E-state index contributed by atoms with van der Waals surface area (Å²) in [4.78, 5) is 8.70. The molecule has 0 aromatic carbocycles. The molecule has 0 radical (unpaired) electrons. The molecule has 2 aromatic rings. The first-order valence-corrected chi connectivity index (χ1v) is 7.73. The highest BCUT2D eigenvalue weighted by Crippen LogP contribution is 2.29. The van der Waals surface area contributed by atoms with Crippen LogP contribution in [0.1, 0.15) is 15.6 Å². The maximum Gasteiger partial charge on any atom is 0.434 e. The number of rotatable bonds is 4. The fourth-order valence-electron chi connectivity index (χ4n) is 1.49. The van der Waals surface area contributed by atoms with Crippen LogP contribution in [0.4, 0.5) is 13.2 Å². The van der Waals surface area contributed by atoms with Gasteiger partial charge in [0.15, 0.2) is 11.7 Å². The van der Waals surface area contributed by atoms with Crippen LogP contribution in [0.2, 0.25) is 0 Å². The Morgan fingerprint density at radius 3 is 2.62 bits per heavy atom. The van der Waals surface area contributed by atoms with Gasteiger partial charge in [0.25, 0.3) is 0 Å². The van der Waals surface area contributed by atoms with Crippen LogP contribution in [-0.4, -0.2) is 18.0 Å². The lowest BCUT2D eigenvalue weighted by Crippen LogP contribution is -2.36. The van der Waals surface area contributed by atoms with Gasteiger partial charge in [0.1, 0.15) is 5.01 Å². The van der Waals surface area contributed by atoms with Crippen LogP contribution in [0.15, 0.2) is 27.9 Å². The molecule has 0 amide bonds. The maximum absolute atomic E-state index is 12.4. The predicted molar refractivity (Wildman–Crippen MR) is 78.5 cm³/mol. The highest BCUT2D eigenvalue weighted by Gasteiger charge is 2.33. The number of aromatic nitrogens is 1. The van der Waals surface area contributed by atoms with E-state index in [0.717, 1.165) is 21.6 Å². The fraction of sp³-hybridized carbons (Fsp3) is 0.333. The first-order valence-electron chi connectivity index (χ1n) is 5.97. The standard InChI is InChI=1S/C12H13F3N4S2/c1-16-11(17-5-8-3-2-4-20-8)18-6-10-19-9(7-21-10)12(13,14)15/h2-4,7H,5-6H2,1H3,(H2,16,17,18). The van der Waals surface area contributed by atoms with Crippen molar-refractivity contribution in [2.45, 2.75) is 19.3 Å². The van der Waals surface area contributed by atoms with Crippen LogP contribution in [-0.2, 0) is 19.3 Å². The van der Waals surface area contributed by atoms with Crippen LogP contribution in [0.5, 0.6) is 0 Å². The molecule has 9 heteroatoms. The number of halogens is 3. The Hall–Kier alpha value is -1.61. The van der Waals surface area contributed by atoms with Crippen LogP contribution < -0.4 is 10.6 Å². The smallest absolute Gasteiger partial charge is 0.352 e. The van der Waals surface area contributed by atoms with E-state index in [0.29, 0.717) is 17.5 Å². The number of hydrogen-bond acceptors (Lipinski definition) is 4. The summed E-state index contributed by atoms with van der Waals surface area (Å²) in [5, 5.41) is 9.37. The molecule has 21 heavy (non-hydrogen) atoms. The van der Waals surface area contributed by atoms with E-state index in [1.54, 1.807) is 18.4 Å². The minimum absolute atomic E-state index is 0.199. The van der Waals surface area contributed by atoms with E-state index in [1.807, 2.05) is 17.5 Å². The molecule has 0 saturated heterocycles. The van der Waals surface area contributed by atoms with Crippen LogP contribution in [0.3, 0.4) is 0 Å². The van der Waals surface area contributed by atoms with Gasteiger partial charge >= 0.3 is 6.18 Å². The molecule has 0 saturated carbocycles. The predicted octanol–water partition coefficient (Wildman–Crippen LogP) is 3.09. The second-order valence-corrected chi connectivity index (χ2v) is 5.96. The first kappa shape index (κ1) is 15.8. The molecular weight excluding hydrogens is 321 g/mol. The van der Waals surface area contributed by atoms with Crippen molar-refractivity contribution in [2.24, 2.45) is 4.99 Å². The molecule has 2 heterocycles. The number of nitrogens with one attached hydrogen (secondary N) is 2. The minimum Gasteiger partial charge on any atom is -0.352 e. The quantitative estimate of drug-likeness (QED) is 0.667. The van der Waals surface area contributed by atoms with Gasteiger partial charge in [-0.1, -0.05) is 6.07 Å². The SMILES string of the molecule is CN=C(NCc1cccs1)NCc1nc(C(F)(F)F)cs1. The second-order valence-electron chi connectivity index (χ2n) is 3.98. The third-order valence-corrected chi connectivity index (χ3v) is 4.21. The van der Waals surface area contributed by atoms with E-state index in [2.05, 4.69) is 20.6 Å². The summed E-state index contributed by atoms with van der Waals surface area (Å²) < 4.78 is 37.3. The summed E-state index contributed by atoms with van der Waals surface area (Å²) in [6.45, 7) is 0.813. The van der Waals surface area contributed by atoms with Crippen molar-refractivity contribution in [1.82, 2.24) is 15.6 Å². The van der Waals surface area contributed by atoms with Gasteiger partial charge in [-0.2, -0.15) is 13.2 Å². The molecule has 0 bridgehead atoms. The normalized spacial score (nSPS) is 12.5. The van der Waals surface area contributed by atoms with Crippen LogP contribution >= 0.6 is 22.7 Å². The topological polar surface area (TPSA) is 49.3 Å². The van der Waals surface area contributed by atoms with Gasteiger partial charge in [-0.15, -0.1) is 22.7 Å². The third kappa shape index (κ3) is 4.71. The highest BCUT2D eigenvalue weighted by molar-refractivity contribution is 7.10. The van der Waals surface area contributed by atoms with Gasteiger partial charge in [0.05, 0.1) is 13.1 Å². The van der Waals surface area contributed by atoms with Gasteiger partial charge < -0.3 is 10.6 Å². The Bertz CT molecular complexity index is 590. The summed E-state index contributed by atoms with van der Waals surface area (Å²) in [5.41, 5.74) is -0.856. The monoisotopic (exact) mass is 334 g/mol. The molecule has 0 aliphatic heterocycles. The number of hydrogen-bond donors (Lipinski definition) is 2. The van der Waals surface area contributed by atoms with E-state index >= 15 is 0 Å². The molecule has 2 N–H and O–H groups in total. The van der Waals surface area contributed by atoms with Gasteiger partial charge in [0, 0.05) is 17.3 Å². The molecular formula is C12H13F3N4S2.